The Morgan fingerprint density at radius 1 is 1.08 bits per heavy atom. The van der Waals surface area contributed by atoms with Gasteiger partial charge in [0.25, 0.3) is 0 Å². The molecule has 1 aliphatic rings. The zero-order valence-corrected chi connectivity index (χ0v) is 13.6. The molecule has 0 atom stereocenters. The number of rotatable bonds is 3. The summed E-state index contributed by atoms with van der Waals surface area (Å²) in [6.07, 6.45) is -1.94. The molecule has 2 aromatic heterocycles. The summed E-state index contributed by atoms with van der Waals surface area (Å²) in [7, 11) is 0. The van der Waals surface area contributed by atoms with E-state index in [1.807, 2.05) is 9.80 Å². The summed E-state index contributed by atoms with van der Waals surface area (Å²) in [5.41, 5.74) is -0.0362. The molecule has 3 rings (SSSR count). The molecule has 0 unspecified atom stereocenters. The fraction of sp³-hybridized carbons (Fsp3) is 0.438. The lowest BCUT2D eigenvalue weighted by Gasteiger charge is -2.35. The largest absolute Gasteiger partial charge is 0.433 e. The first kappa shape index (κ1) is 17.5. The summed E-state index contributed by atoms with van der Waals surface area (Å²) in [6.45, 7) is 4.27. The molecule has 3 heterocycles. The molecular weight excluding hydrogens is 338 g/mol. The van der Waals surface area contributed by atoms with Gasteiger partial charge in [-0.2, -0.15) is 13.2 Å². The number of hydrogen-bond acceptors (Lipinski definition) is 5. The zero-order valence-electron chi connectivity index (χ0n) is 13.6. The second-order valence-corrected chi connectivity index (χ2v) is 5.91. The van der Waals surface area contributed by atoms with Crippen molar-refractivity contribution in [1.29, 1.82) is 0 Å². The van der Waals surface area contributed by atoms with E-state index in [9.17, 15) is 17.6 Å². The van der Waals surface area contributed by atoms with Crippen LogP contribution >= 0.6 is 0 Å². The highest BCUT2D eigenvalue weighted by molar-refractivity contribution is 5.41. The number of pyridine rings is 1. The molecule has 0 bridgehead atoms. The van der Waals surface area contributed by atoms with Crippen molar-refractivity contribution in [2.75, 3.05) is 31.1 Å². The maximum atomic E-state index is 14.1. The molecule has 2 aromatic rings. The normalized spacial score (nSPS) is 16.3. The quantitative estimate of drug-likeness (QED) is 0.792. The van der Waals surface area contributed by atoms with Gasteiger partial charge in [-0.25, -0.2) is 14.4 Å². The van der Waals surface area contributed by atoms with E-state index in [1.54, 1.807) is 13.0 Å². The topological polar surface area (TPSA) is 45.2 Å². The summed E-state index contributed by atoms with van der Waals surface area (Å²) in [4.78, 5) is 15.0. The van der Waals surface area contributed by atoms with E-state index in [2.05, 4.69) is 15.0 Å². The van der Waals surface area contributed by atoms with Gasteiger partial charge < -0.3 is 4.90 Å². The van der Waals surface area contributed by atoms with E-state index in [0.29, 0.717) is 44.0 Å². The minimum Gasteiger partial charge on any atom is -0.352 e. The number of hydrogen-bond donors (Lipinski definition) is 0. The lowest BCUT2D eigenvalue weighted by molar-refractivity contribution is -0.141. The third-order valence-electron chi connectivity index (χ3n) is 4.14. The van der Waals surface area contributed by atoms with Crippen LogP contribution in [0.25, 0.3) is 0 Å². The van der Waals surface area contributed by atoms with Crippen LogP contribution in [-0.2, 0) is 12.7 Å². The van der Waals surface area contributed by atoms with E-state index in [-0.39, 0.29) is 5.82 Å². The van der Waals surface area contributed by atoms with Gasteiger partial charge in [0.15, 0.2) is 11.6 Å². The number of halogens is 4. The van der Waals surface area contributed by atoms with E-state index >= 15 is 0 Å². The minimum absolute atomic E-state index is 0.274. The van der Waals surface area contributed by atoms with E-state index in [1.165, 1.54) is 12.5 Å². The first-order valence-corrected chi connectivity index (χ1v) is 7.81. The molecule has 0 radical (unpaired) electrons. The number of alkyl halides is 3. The molecule has 0 spiro atoms. The van der Waals surface area contributed by atoms with Crippen LogP contribution < -0.4 is 4.90 Å². The van der Waals surface area contributed by atoms with Gasteiger partial charge in [-0.05, 0) is 24.6 Å². The average Bonchev–Trinajstić information content (AvgIpc) is 2.58. The molecule has 0 N–H and O–H groups in total. The highest BCUT2D eigenvalue weighted by Crippen LogP contribution is 2.28. The Bertz CT molecular complexity index is 742. The van der Waals surface area contributed by atoms with Crippen LogP contribution in [0.3, 0.4) is 0 Å². The Morgan fingerprint density at radius 3 is 2.48 bits per heavy atom. The fourth-order valence-electron chi connectivity index (χ4n) is 2.77. The number of nitrogens with zero attached hydrogens (tertiary/aromatic N) is 5. The summed E-state index contributed by atoms with van der Waals surface area (Å²) in [6, 6.07) is 2.65. The Balaban J connectivity index is 1.62. The number of anilines is 1. The molecule has 5 nitrogen and oxygen atoms in total. The summed E-state index contributed by atoms with van der Waals surface area (Å²) in [5.74, 6) is -0.157. The van der Waals surface area contributed by atoms with Crippen LogP contribution in [0.1, 0.15) is 17.0 Å². The first-order chi connectivity index (χ1) is 11.8. The number of aromatic nitrogens is 3. The van der Waals surface area contributed by atoms with Crippen molar-refractivity contribution < 1.29 is 17.6 Å². The van der Waals surface area contributed by atoms with Gasteiger partial charge in [0.2, 0.25) is 0 Å². The van der Waals surface area contributed by atoms with Gasteiger partial charge in [-0.1, -0.05) is 0 Å². The van der Waals surface area contributed by atoms with Crippen LogP contribution in [0.2, 0.25) is 0 Å². The molecule has 9 heteroatoms. The van der Waals surface area contributed by atoms with Gasteiger partial charge >= 0.3 is 6.18 Å². The van der Waals surface area contributed by atoms with Gasteiger partial charge in [0.05, 0.1) is 5.69 Å². The summed E-state index contributed by atoms with van der Waals surface area (Å²) >= 11 is 0. The fourth-order valence-corrected chi connectivity index (χ4v) is 2.77. The summed E-state index contributed by atoms with van der Waals surface area (Å²) < 4.78 is 52.3. The van der Waals surface area contributed by atoms with E-state index in [0.717, 1.165) is 6.07 Å². The Kier molecular flexibility index (Phi) is 4.85. The SMILES string of the molecule is Cc1ncnc(N2CCN(Cc3ccnc(C(F)(F)F)c3)CC2)c1F. The van der Waals surface area contributed by atoms with Gasteiger partial charge in [0, 0.05) is 38.9 Å². The average molecular weight is 355 g/mol. The lowest BCUT2D eigenvalue weighted by atomic mass is 10.2. The third kappa shape index (κ3) is 4.04. The third-order valence-corrected chi connectivity index (χ3v) is 4.14. The predicted molar refractivity (Wildman–Crippen MR) is 83.5 cm³/mol. The molecule has 25 heavy (non-hydrogen) atoms. The highest BCUT2D eigenvalue weighted by Gasteiger charge is 2.32. The molecule has 0 amide bonds. The van der Waals surface area contributed by atoms with Crippen molar-refractivity contribution in [3.05, 3.63) is 47.4 Å². The minimum atomic E-state index is -4.45. The van der Waals surface area contributed by atoms with E-state index < -0.39 is 17.7 Å². The maximum Gasteiger partial charge on any atom is 0.433 e. The van der Waals surface area contributed by atoms with Gasteiger partial charge in [-0.3, -0.25) is 9.88 Å². The molecule has 0 saturated carbocycles. The number of piperazine rings is 1. The Hall–Kier alpha value is -2.29. The van der Waals surface area contributed by atoms with Crippen molar-refractivity contribution in [2.45, 2.75) is 19.6 Å². The van der Waals surface area contributed by atoms with Gasteiger partial charge in [-0.15, -0.1) is 0 Å². The monoisotopic (exact) mass is 355 g/mol. The van der Waals surface area contributed by atoms with Crippen LogP contribution in [0.15, 0.2) is 24.7 Å². The molecule has 0 aromatic carbocycles. The second-order valence-electron chi connectivity index (χ2n) is 5.91. The summed E-state index contributed by atoms with van der Waals surface area (Å²) in [5, 5.41) is 0. The highest BCUT2D eigenvalue weighted by atomic mass is 19.4. The van der Waals surface area contributed by atoms with Crippen molar-refractivity contribution in [3.8, 4) is 0 Å². The van der Waals surface area contributed by atoms with Crippen molar-refractivity contribution >= 4 is 5.82 Å². The molecular formula is C16H17F4N5. The van der Waals surface area contributed by atoms with Crippen LogP contribution in [-0.4, -0.2) is 46.0 Å². The van der Waals surface area contributed by atoms with Crippen LogP contribution in [0.4, 0.5) is 23.4 Å². The molecule has 1 saturated heterocycles. The predicted octanol–water partition coefficient (Wildman–Crippen LogP) is 2.66. The standard InChI is InChI=1S/C16H17F4N5/c1-11-14(17)15(23-10-22-11)25-6-4-24(5-7-25)9-12-2-3-21-13(8-12)16(18,19)20/h2-3,8,10H,4-7,9H2,1H3. The molecule has 0 aliphatic carbocycles. The van der Waals surface area contributed by atoms with Crippen LogP contribution in [0, 0.1) is 12.7 Å². The number of aryl methyl sites for hydroxylation is 1. The van der Waals surface area contributed by atoms with Gasteiger partial charge in [0.1, 0.15) is 12.0 Å². The lowest BCUT2D eigenvalue weighted by Crippen LogP contribution is -2.46. The first-order valence-electron chi connectivity index (χ1n) is 7.81. The van der Waals surface area contributed by atoms with E-state index in [4.69, 9.17) is 0 Å². The smallest absolute Gasteiger partial charge is 0.352 e. The van der Waals surface area contributed by atoms with Crippen molar-refractivity contribution in [3.63, 3.8) is 0 Å². The van der Waals surface area contributed by atoms with Crippen molar-refractivity contribution in [2.24, 2.45) is 0 Å². The van der Waals surface area contributed by atoms with Crippen LogP contribution in [0.5, 0.6) is 0 Å². The maximum absolute atomic E-state index is 14.1. The Labute approximate surface area is 142 Å². The Morgan fingerprint density at radius 2 is 1.80 bits per heavy atom. The van der Waals surface area contributed by atoms with Crippen molar-refractivity contribution in [1.82, 2.24) is 19.9 Å². The molecule has 134 valence electrons. The zero-order chi connectivity index (χ0) is 18.0. The molecule has 1 aliphatic heterocycles. The second kappa shape index (κ2) is 6.91. The molecule has 1 fully saturated rings.